The summed E-state index contributed by atoms with van der Waals surface area (Å²) < 4.78 is 12.7. The maximum atomic E-state index is 12.7. The molecule has 0 fully saturated rings. The van der Waals surface area contributed by atoms with E-state index in [0.29, 0.717) is 10.0 Å². The Bertz CT molecular complexity index is 772. The Balaban J connectivity index is 2.08. The second-order valence-corrected chi connectivity index (χ2v) is 6.27. The third-order valence-electron chi connectivity index (χ3n) is 3.07. The van der Waals surface area contributed by atoms with Gasteiger partial charge in [-0.2, -0.15) is 0 Å². The molecule has 1 atom stereocenters. The lowest BCUT2D eigenvalue weighted by atomic mass is 10.1. The minimum absolute atomic E-state index is 0.555. The molecule has 0 bridgehead atoms. The standard InChI is InChI=1S/C17H12ClNOS/c18-14-10-8-13(9-11-14)15-5-1-2-6-16(15)21(20)17-7-3-4-12-19-17/h1-12H. The number of aromatic nitrogens is 1. The topological polar surface area (TPSA) is 30.0 Å². The van der Waals surface area contributed by atoms with Crippen molar-refractivity contribution in [2.45, 2.75) is 9.92 Å². The van der Waals surface area contributed by atoms with E-state index in [9.17, 15) is 4.21 Å². The van der Waals surface area contributed by atoms with Crippen LogP contribution in [-0.4, -0.2) is 9.19 Å². The van der Waals surface area contributed by atoms with E-state index in [-0.39, 0.29) is 0 Å². The first-order chi connectivity index (χ1) is 10.3. The average molecular weight is 314 g/mol. The monoisotopic (exact) mass is 313 g/mol. The Morgan fingerprint density at radius 3 is 2.29 bits per heavy atom. The molecule has 0 N–H and O–H groups in total. The lowest BCUT2D eigenvalue weighted by molar-refractivity contribution is 0.680. The molecule has 1 aromatic heterocycles. The van der Waals surface area contributed by atoms with E-state index < -0.39 is 10.8 Å². The van der Waals surface area contributed by atoms with Crippen molar-refractivity contribution in [3.8, 4) is 11.1 Å². The first kappa shape index (κ1) is 14.0. The van der Waals surface area contributed by atoms with Crippen molar-refractivity contribution in [2.24, 2.45) is 0 Å². The highest BCUT2D eigenvalue weighted by Crippen LogP contribution is 2.29. The SMILES string of the molecule is O=S(c1ccccn1)c1ccccc1-c1ccc(Cl)cc1. The number of benzene rings is 2. The van der Waals surface area contributed by atoms with Crippen LogP contribution in [0.2, 0.25) is 5.02 Å². The summed E-state index contributed by atoms with van der Waals surface area (Å²) in [5, 5.41) is 1.24. The highest BCUT2D eigenvalue weighted by atomic mass is 35.5. The molecule has 104 valence electrons. The van der Waals surface area contributed by atoms with E-state index in [1.165, 1.54) is 0 Å². The number of halogens is 1. The van der Waals surface area contributed by atoms with Gasteiger partial charge in [-0.15, -0.1) is 0 Å². The van der Waals surface area contributed by atoms with Gasteiger partial charge < -0.3 is 0 Å². The molecule has 1 unspecified atom stereocenters. The summed E-state index contributed by atoms with van der Waals surface area (Å²) in [5.74, 6) is 0. The van der Waals surface area contributed by atoms with Crippen molar-refractivity contribution < 1.29 is 4.21 Å². The molecule has 2 aromatic carbocycles. The molecule has 2 nitrogen and oxygen atoms in total. The van der Waals surface area contributed by atoms with E-state index in [1.54, 1.807) is 12.3 Å². The third kappa shape index (κ3) is 3.04. The Labute approximate surface area is 130 Å². The highest BCUT2D eigenvalue weighted by molar-refractivity contribution is 7.85. The van der Waals surface area contributed by atoms with Gasteiger partial charge >= 0.3 is 0 Å². The maximum Gasteiger partial charge on any atom is 0.132 e. The van der Waals surface area contributed by atoms with E-state index in [4.69, 9.17) is 11.6 Å². The molecule has 0 spiro atoms. The molecule has 3 rings (SSSR count). The fraction of sp³-hybridized carbons (Fsp3) is 0. The summed E-state index contributed by atoms with van der Waals surface area (Å²) in [4.78, 5) is 4.93. The lowest BCUT2D eigenvalue weighted by Gasteiger charge is -2.09. The van der Waals surface area contributed by atoms with E-state index >= 15 is 0 Å². The zero-order chi connectivity index (χ0) is 14.7. The lowest BCUT2D eigenvalue weighted by Crippen LogP contribution is -1.97. The molecule has 0 saturated heterocycles. The van der Waals surface area contributed by atoms with Crippen LogP contribution in [0.3, 0.4) is 0 Å². The fourth-order valence-electron chi connectivity index (χ4n) is 2.07. The molecule has 1 heterocycles. The molecule has 0 aliphatic rings. The Morgan fingerprint density at radius 1 is 0.857 bits per heavy atom. The molecule has 0 aliphatic carbocycles. The van der Waals surface area contributed by atoms with Crippen LogP contribution in [0.25, 0.3) is 11.1 Å². The number of pyridine rings is 1. The molecule has 0 aliphatic heterocycles. The number of hydrogen-bond donors (Lipinski definition) is 0. The first-order valence-corrected chi connectivity index (χ1v) is 7.96. The van der Waals surface area contributed by atoms with Gasteiger partial charge in [0, 0.05) is 11.2 Å². The van der Waals surface area contributed by atoms with E-state index in [1.807, 2.05) is 60.7 Å². The van der Waals surface area contributed by atoms with Gasteiger partial charge in [0.2, 0.25) is 0 Å². The molecular weight excluding hydrogens is 302 g/mol. The summed E-state index contributed by atoms with van der Waals surface area (Å²) in [5.41, 5.74) is 1.91. The van der Waals surface area contributed by atoms with Crippen LogP contribution in [0.1, 0.15) is 0 Å². The van der Waals surface area contributed by atoms with Crippen molar-refractivity contribution in [3.05, 3.63) is 77.9 Å². The molecule has 3 aromatic rings. The molecule has 21 heavy (non-hydrogen) atoms. The summed E-state index contributed by atoms with van der Waals surface area (Å²) in [6, 6.07) is 20.6. The molecule has 4 heteroatoms. The third-order valence-corrected chi connectivity index (χ3v) is 4.70. The predicted octanol–water partition coefficient (Wildman–Crippen LogP) is 4.57. The van der Waals surface area contributed by atoms with Gasteiger partial charge in [0.15, 0.2) is 0 Å². The number of hydrogen-bond acceptors (Lipinski definition) is 2. The fourth-order valence-corrected chi connectivity index (χ4v) is 3.36. The van der Waals surface area contributed by atoms with E-state index in [0.717, 1.165) is 16.0 Å². The van der Waals surface area contributed by atoms with Crippen LogP contribution >= 0.6 is 11.6 Å². The Kier molecular flexibility index (Phi) is 4.13. The first-order valence-electron chi connectivity index (χ1n) is 6.43. The predicted molar refractivity (Wildman–Crippen MR) is 85.8 cm³/mol. The van der Waals surface area contributed by atoms with Crippen LogP contribution in [0, 0.1) is 0 Å². The van der Waals surface area contributed by atoms with Gasteiger partial charge in [0.25, 0.3) is 0 Å². The van der Waals surface area contributed by atoms with Crippen LogP contribution in [-0.2, 0) is 10.8 Å². The van der Waals surface area contributed by atoms with Gasteiger partial charge in [-0.1, -0.05) is 48.0 Å². The van der Waals surface area contributed by atoms with Gasteiger partial charge in [-0.25, -0.2) is 9.19 Å². The van der Waals surface area contributed by atoms with Gasteiger partial charge in [-0.05, 0) is 41.5 Å². The summed E-state index contributed by atoms with van der Waals surface area (Å²) >= 11 is 5.93. The maximum absolute atomic E-state index is 12.7. The minimum Gasteiger partial charge on any atom is -0.247 e. The number of nitrogens with zero attached hydrogens (tertiary/aromatic N) is 1. The second-order valence-electron chi connectivity index (χ2n) is 4.44. The van der Waals surface area contributed by atoms with Crippen LogP contribution < -0.4 is 0 Å². The van der Waals surface area contributed by atoms with Gasteiger partial charge in [0.05, 0.1) is 4.90 Å². The Hall–Kier alpha value is -1.97. The summed E-state index contributed by atoms with van der Waals surface area (Å²) in [6.45, 7) is 0. The molecule has 0 amide bonds. The van der Waals surface area contributed by atoms with Crippen molar-refractivity contribution in [2.75, 3.05) is 0 Å². The normalized spacial score (nSPS) is 12.0. The van der Waals surface area contributed by atoms with Crippen molar-refractivity contribution >= 4 is 22.4 Å². The molecule has 0 saturated carbocycles. The molecular formula is C17H12ClNOS. The highest BCUT2D eigenvalue weighted by Gasteiger charge is 2.13. The van der Waals surface area contributed by atoms with E-state index in [2.05, 4.69) is 4.98 Å². The number of rotatable bonds is 3. The van der Waals surface area contributed by atoms with Crippen molar-refractivity contribution in [1.29, 1.82) is 0 Å². The quantitative estimate of drug-likeness (QED) is 0.709. The van der Waals surface area contributed by atoms with Gasteiger partial charge in [-0.3, -0.25) is 0 Å². The smallest absolute Gasteiger partial charge is 0.132 e. The largest absolute Gasteiger partial charge is 0.247 e. The van der Waals surface area contributed by atoms with Crippen LogP contribution in [0.4, 0.5) is 0 Å². The Morgan fingerprint density at radius 2 is 1.57 bits per heavy atom. The molecule has 0 radical (unpaired) electrons. The second kappa shape index (κ2) is 6.20. The van der Waals surface area contributed by atoms with Crippen molar-refractivity contribution in [3.63, 3.8) is 0 Å². The van der Waals surface area contributed by atoms with Crippen LogP contribution in [0.15, 0.2) is 82.8 Å². The summed E-state index contributed by atoms with van der Waals surface area (Å²) in [7, 11) is -1.31. The van der Waals surface area contributed by atoms with Crippen molar-refractivity contribution in [1.82, 2.24) is 4.98 Å². The summed E-state index contributed by atoms with van der Waals surface area (Å²) in [6.07, 6.45) is 1.65. The average Bonchev–Trinajstić information content (AvgIpc) is 2.56. The minimum atomic E-state index is -1.31. The zero-order valence-electron chi connectivity index (χ0n) is 11.1. The van der Waals surface area contributed by atoms with Crippen LogP contribution in [0.5, 0.6) is 0 Å². The zero-order valence-corrected chi connectivity index (χ0v) is 12.6. The van der Waals surface area contributed by atoms with Gasteiger partial charge in [0.1, 0.15) is 15.8 Å².